The molecule has 510 valence electrons. The Balaban J connectivity index is 5.20. The maximum Gasteiger partial charge on any atom is 0.472 e. The summed E-state index contributed by atoms with van der Waals surface area (Å²) in [6.07, 6.45) is 43.3. The second-order valence-corrected chi connectivity index (χ2v) is 27.8. The van der Waals surface area contributed by atoms with Gasteiger partial charge in [0.25, 0.3) is 0 Å². The summed E-state index contributed by atoms with van der Waals surface area (Å²) >= 11 is 0. The van der Waals surface area contributed by atoms with E-state index in [2.05, 4.69) is 41.5 Å². The Morgan fingerprint density at radius 1 is 0.337 bits per heavy atom. The molecule has 0 amide bonds. The fourth-order valence-electron chi connectivity index (χ4n) is 10.0. The number of rotatable bonds is 66. The molecule has 17 nitrogen and oxygen atoms in total. The highest BCUT2D eigenvalue weighted by Gasteiger charge is 2.30. The summed E-state index contributed by atoms with van der Waals surface area (Å²) in [5.74, 6) is -0.662. The van der Waals surface area contributed by atoms with Crippen LogP contribution in [0.1, 0.15) is 337 Å². The van der Waals surface area contributed by atoms with Crippen molar-refractivity contribution in [2.45, 2.75) is 355 Å². The summed E-state index contributed by atoms with van der Waals surface area (Å²) in [6.45, 7) is 9.42. The lowest BCUT2D eigenvalue weighted by molar-refractivity contribution is -0.161. The van der Waals surface area contributed by atoms with Crippen molar-refractivity contribution < 1.29 is 80.2 Å². The average Bonchev–Trinajstić information content (AvgIpc) is 3.52. The summed E-state index contributed by atoms with van der Waals surface area (Å²) < 4.78 is 68.0. The topological polar surface area (TPSA) is 237 Å². The lowest BCUT2D eigenvalue weighted by Gasteiger charge is -2.21. The van der Waals surface area contributed by atoms with Crippen molar-refractivity contribution in [3.63, 3.8) is 0 Å². The first kappa shape index (κ1) is 84.1. The van der Waals surface area contributed by atoms with Gasteiger partial charge in [-0.2, -0.15) is 0 Å². The predicted octanol–water partition coefficient (Wildman–Crippen LogP) is 18.8. The summed E-state index contributed by atoms with van der Waals surface area (Å²) in [5, 5.41) is 10.5. The lowest BCUT2D eigenvalue weighted by Crippen LogP contribution is -2.30. The van der Waals surface area contributed by atoms with E-state index >= 15 is 0 Å². The van der Waals surface area contributed by atoms with Gasteiger partial charge in [0.1, 0.15) is 19.3 Å². The van der Waals surface area contributed by atoms with Crippen molar-refractivity contribution in [1.29, 1.82) is 0 Å². The Morgan fingerprint density at radius 3 is 0.884 bits per heavy atom. The van der Waals surface area contributed by atoms with Gasteiger partial charge in [-0.3, -0.25) is 37.3 Å². The molecule has 0 saturated heterocycles. The highest BCUT2D eigenvalue weighted by Crippen LogP contribution is 2.45. The number of carbonyl (C=O) groups is 4. The second-order valence-electron chi connectivity index (χ2n) is 24.9. The van der Waals surface area contributed by atoms with Crippen LogP contribution in [0.15, 0.2) is 0 Å². The quantitative estimate of drug-likeness (QED) is 0.0222. The van der Waals surface area contributed by atoms with E-state index in [1.54, 1.807) is 0 Å². The van der Waals surface area contributed by atoms with Crippen molar-refractivity contribution in [2.24, 2.45) is 11.8 Å². The van der Waals surface area contributed by atoms with Crippen LogP contribution in [0.3, 0.4) is 0 Å². The number of hydrogen-bond acceptors (Lipinski definition) is 15. The summed E-state index contributed by atoms with van der Waals surface area (Å²) in [7, 11) is -9.89. The number of phosphoric ester groups is 2. The molecule has 0 spiro atoms. The molecule has 0 aromatic carbocycles. The van der Waals surface area contributed by atoms with Gasteiger partial charge in [0.05, 0.1) is 26.4 Å². The maximum atomic E-state index is 13.0. The molecule has 0 bridgehead atoms. The van der Waals surface area contributed by atoms with Crippen molar-refractivity contribution in [3.8, 4) is 0 Å². The minimum absolute atomic E-state index is 0.103. The number of ether oxygens (including phenoxy) is 4. The number of aliphatic hydroxyl groups excluding tert-OH is 1. The number of aliphatic hydroxyl groups is 1. The average molecular weight is 1270 g/mol. The fraction of sp³-hybridized carbons (Fsp3) is 0.940. The van der Waals surface area contributed by atoms with Crippen LogP contribution in [-0.2, 0) is 65.4 Å². The zero-order valence-electron chi connectivity index (χ0n) is 55.6. The molecule has 86 heavy (non-hydrogen) atoms. The summed E-state index contributed by atoms with van der Waals surface area (Å²) in [6, 6.07) is 0. The van der Waals surface area contributed by atoms with Gasteiger partial charge in [0.15, 0.2) is 12.2 Å². The molecule has 19 heteroatoms. The molecule has 0 radical (unpaired) electrons. The standard InChI is InChI=1S/C67H130O17P2/c1-7-10-12-14-16-17-18-19-20-21-22-23-24-25-33-39-45-51-66(71)83-63(56-78-65(70)50-44-38-32-27-26-31-36-42-48-60(6)9-3)58-82-86(75,76)80-54-61(68)53-79-85(73,74)81-57-62(55-77-64(69)49-43-37-29-15-13-11-8-2)84-67(72)52-46-40-34-28-30-35-41-47-59(4)5/h59-63,68H,7-58H2,1-6H3,(H,73,74)(H,75,76)/t60?,61-,62+,63+/m0/s1. The van der Waals surface area contributed by atoms with E-state index in [9.17, 15) is 43.2 Å². The first-order valence-electron chi connectivity index (χ1n) is 35.0. The van der Waals surface area contributed by atoms with E-state index in [0.29, 0.717) is 31.6 Å². The number of carbonyl (C=O) groups excluding carboxylic acids is 4. The highest BCUT2D eigenvalue weighted by molar-refractivity contribution is 7.47. The molecular formula is C67H130O17P2. The molecule has 3 N–H and O–H groups in total. The smallest absolute Gasteiger partial charge is 0.462 e. The van der Waals surface area contributed by atoms with E-state index < -0.39 is 97.5 Å². The van der Waals surface area contributed by atoms with Gasteiger partial charge < -0.3 is 33.8 Å². The SMILES string of the molecule is CCCCCCCCCCCCCCCCCCCC(=O)O[C@H](COC(=O)CCCCCCCCCCC(C)CC)COP(=O)(O)OC[C@@H](O)COP(=O)(O)OC[C@@H](COC(=O)CCCCCCCCC)OC(=O)CCCCCCCCCC(C)C. The van der Waals surface area contributed by atoms with Gasteiger partial charge >= 0.3 is 39.5 Å². The fourth-order valence-corrected chi connectivity index (χ4v) is 11.6. The third kappa shape index (κ3) is 59.7. The molecule has 0 aliphatic heterocycles. The Hall–Kier alpha value is -1.94. The molecule has 0 saturated carbocycles. The Labute approximate surface area is 524 Å². The third-order valence-electron chi connectivity index (χ3n) is 15.8. The molecule has 0 aliphatic rings. The number of phosphoric acid groups is 2. The van der Waals surface area contributed by atoms with Gasteiger partial charge in [0, 0.05) is 25.7 Å². The minimum Gasteiger partial charge on any atom is -0.462 e. The van der Waals surface area contributed by atoms with E-state index in [0.717, 1.165) is 109 Å². The monoisotopic (exact) mass is 1270 g/mol. The molecule has 6 atom stereocenters. The molecule has 0 aliphatic carbocycles. The lowest BCUT2D eigenvalue weighted by atomic mass is 9.99. The van der Waals surface area contributed by atoms with Crippen LogP contribution >= 0.6 is 15.6 Å². The Bertz CT molecular complexity index is 1690. The largest absolute Gasteiger partial charge is 0.472 e. The van der Waals surface area contributed by atoms with Crippen LogP contribution in [0.4, 0.5) is 0 Å². The molecule has 0 aromatic heterocycles. The predicted molar refractivity (Wildman–Crippen MR) is 345 cm³/mol. The first-order valence-corrected chi connectivity index (χ1v) is 38.0. The van der Waals surface area contributed by atoms with Gasteiger partial charge in [-0.05, 0) is 37.5 Å². The van der Waals surface area contributed by atoms with Crippen LogP contribution in [0.25, 0.3) is 0 Å². The number of unbranched alkanes of at least 4 members (excludes halogenated alkanes) is 35. The van der Waals surface area contributed by atoms with E-state index in [4.69, 9.17) is 37.0 Å². The molecule has 3 unspecified atom stereocenters. The van der Waals surface area contributed by atoms with E-state index in [1.807, 2.05) is 0 Å². The molecule has 0 fully saturated rings. The highest BCUT2D eigenvalue weighted by atomic mass is 31.2. The van der Waals surface area contributed by atoms with E-state index in [1.165, 1.54) is 141 Å². The van der Waals surface area contributed by atoms with Gasteiger partial charge in [-0.1, -0.05) is 286 Å². The number of esters is 4. The molecular weight excluding hydrogens is 1140 g/mol. The summed E-state index contributed by atoms with van der Waals surface area (Å²) in [4.78, 5) is 72.2. The Morgan fingerprint density at radius 2 is 0.593 bits per heavy atom. The first-order chi connectivity index (χ1) is 41.4. The maximum absolute atomic E-state index is 13.0. The third-order valence-corrected chi connectivity index (χ3v) is 17.7. The summed E-state index contributed by atoms with van der Waals surface area (Å²) in [5.41, 5.74) is 0. The van der Waals surface area contributed by atoms with Crippen LogP contribution in [0, 0.1) is 11.8 Å². The zero-order valence-corrected chi connectivity index (χ0v) is 57.4. The normalized spacial score (nSPS) is 14.5. The number of hydrogen-bond donors (Lipinski definition) is 3. The minimum atomic E-state index is -4.95. The van der Waals surface area contributed by atoms with Crippen LogP contribution in [0.2, 0.25) is 0 Å². The molecule has 0 heterocycles. The zero-order chi connectivity index (χ0) is 63.6. The van der Waals surface area contributed by atoms with Gasteiger partial charge in [-0.25, -0.2) is 9.13 Å². The van der Waals surface area contributed by atoms with Crippen molar-refractivity contribution in [3.05, 3.63) is 0 Å². The Kier molecular flexibility index (Phi) is 58.0. The molecule has 0 aromatic rings. The van der Waals surface area contributed by atoms with Crippen LogP contribution < -0.4 is 0 Å². The van der Waals surface area contributed by atoms with Gasteiger partial charge in [0.2, 0.25) is 0 Å². The second kappa shape index (κ2) is 59.4. The van der Waals surface area contributed by atoms with Crippen molar-refractivity contribution in [1.82, 2.24) is 0 Å². The van der Waals surface area contributed by atoms with Gasteiger partial charge in [-0.15, -0.1) is 0 Å². The van der Waals surface area contributed by atoms with Crippen molar-refractivity contribution >= 4 is 39.5 Å². The van der Waals surface area contributed by atoms with Crippen molar-refractivity contribution in [2.75, 3.05) is 39.6 Å². The van der Waals surface area contributed by atoms with E-state index in [-0.39, 0.29) is 25.7 Å². The van der Waals surface area contributed by atoms with Crippen LogP contribution in [-0.4, -0.2) is 96.7 Å². The van der Waals surface area contributed by atoms with Crippen LogP contribution in [0.5, 0.6) is 0 Å². The molecule has 0 rings (SSSR count).